The first-order valence-electron chi connectivity index (χ1n) is 8.96. The maximum atomic E-state index is 13.5. The molecular formula is C21H20F6O4P+. The largest absolute Gasteiger partial charge is 0.459 e. The second-order valence-electron chi connectivity index (χ2n) is 7.47. The minimum Gasteiger partial charge on any atom is -0.459 e. The molecule has 2 unspecified atom stereocenters. The molecule has 0 amide bonds. The number of ether oxygens (including phenoxy) is 1. The minimum atomic E-state index is -5.25. The monoisotopic (exact) mass is 481 g/mol. The highest BCUT2D eigenvalue weighted by Gasteiger charge is 2.46. The molecule has 2 rings (SSSR count). The van der Waals surface area contributed by atoms with Crippen LogP contribution in [0.4, 0.5) is 26.3 Å². The van der Waals surface area contributed by atoms with Crippen molar-refractivity contribution >= 4 is 20.9 Å². The molecule has 0 aliphatic carbocycles. The molecule has 0 spiro atoms. The number of benzene rings is 2. The van der Waals surface area contributed by atoms with Gasteiger partial charge >= 0.3 is 27.4 Å². The number of rotatable bonds is 4. The molecule has 0 radical (unpaired) electrons. The highest BCUT2D eigenvalue weighted by molar-refractivity contribution is 7.00. The Bertz CT molecular complexity index is 917. The summed E-state index contributed by atoms with van der Waals surface area (Å²) >= 11 is 0. The molecule has 174 valence electrons. The Morgan fingerprint density at radius 3 is 1.59 bits per heavy atom. The molecule has 0 aliphatic heterocycles. The molecule has 4 nitrogen and oxygen atoms in total. The number of esters is 1. The van der Waals surface area contributed by atoms with Crippen molar-refractivity contribution in [2.24, 2.45) is 0 Å². The number of hydrogen-bond acceptors (Lipinski definition) is 4. The van der Waals surface area contributed by atoms with Crippen molar-refractivity contribution in [2.75, 3.05) is 0 Å². The first-order chi connectivity index (χ1) is 14.6. The molecule has 11 heteroatoms. The first-order valence-corrected chi connectivity index (χ1v) is 9.43. The Morgan fingerprint density at radius 1 is 0.781 bits per heavy atom. The Labute approximate surface area is 182 Å². The summed E-state index contributed by atoms with van der Waals surface area (Å²) in [4.78, 5) is 25.8. The van der Waals surface area contributed by atoms with Crippen molar-refractivity contribution in [3.63, 3.8) is 0 Å². The average Bonchev–Trinajstić information content (AvgIpc) is 2.67. The Hall–Kier alpha value is -2.74. The van der Waals surface area contributed by atoms with E-state index in [2.05, 4.69) is 0 Å². The third-order valence-corrected chi connectivity index (χ3v) is 3.96. The average molecular weight is 481 g/mol. The summed E-state index contributed by atoms with van der Waals surface area (Å²) in [5.74, 6) is -4.89. The van der Waals surface area contributed by atoms with Gasteiger partial charge in [0, 0.05) is 5.56 Å². The van der Waals surface area contributed by atoms with Crippen LogP contribution in [0.1, 0.15) is 53.7 Å². The van der Waals surface area contributed by atoms with E-state index in [0.29, 0.717) is 18.2 Å². The lowest BCUT2D eigenvalue weighted by molar-refractivity contribution is -0.156. The summed E-state index contributed by atoms with van der Waals surface area (Å²) in [6.45, 7) is 4.38. The summed E-state index contributed by atoms with van der Waals surface area (Å²) in [5.41, 5.74) is -6.36. The number of halogens is 6. The van der Waals surface area contributed by atoms with E-state index in [0.717, 1.165) is 0 Å². The molecule has 0 bridgehead atoms. The maximum absolute atomic E-state index is 13.5. The van der Waals surface area contributed by atoms with E-state index in [9.17, 15) is 35.9 Å². The van der Waals surface area contributed by atoms with Gasteiger partial charge in [0.2, 0.25) is 0 Å². The van der Waals surface area contributed by atoms with Crippen molar-refractivity contribution < 1.29 is 45.2 Å². The number of hydrogen-bond donors (Lipinski definition) is 0. The SMILES string of the molecule is CC(C)(C)OC(=O)C(C(=O)c1c(C(F)(F)F)cccc1C(F)(F)F)c1ccccc1.O=[PH2+]. The zero-order chi connectivity index (χ0) is 24.9. The van der Waals surface area contributed by atoms with Gasteiger partial charge in [-0.15, -0.1) is 0 Å². The molecule has 2 atom stereocenters. The number of alkyl halides is 6. The normalized spacial score (nSPS) is 12.9. The molecule has 2 aromatic rings. The van der Waals surface area contributed by atoms with E-state index in [4.69, 9.17) is 9.30 Å². The standard InChI is InChI=1S/C21H18F6O3.H2OP/c1-19(2,3)30-18(29)15(12-8-5-4-6-9-12)17(28)16-13(20(22,23)24)10-7-11-14(16)21(25,26)27;1-2/h4-11,15H,1-3H3;2H2/q;+1. The van der Waals surface area contributed by atoms with Gasteiger partial charge in [-0.1, -0.05) is 41.0 Å². The second-order valence-corrected chi connectivity index (χ2v) is 7.47. The third-order valence-electron chi connectivity index (χ3n) is 3.96. The van der Waals surface area contributed by atoms with Crippen LogP contribution in [0, 0.1) is 0 Å². The van der Waals surface area contributed by atoms with Crippen LogP contribution < -0.4 is 0 Å². The van der Waals surface area contributed by atoms with Crippen LogP contribution in [0.25, 0.3) is 0 Å². The highest BCUT2D eigenvalue weighted by atomic mass is 31.0. The Balaban J connectivity index is 0.00000249. The number of Topliss-reactive ketones (excluding diaryl/α,β-unsaturated/α-hetero) is 1. The van der Waals surface area contributed by atoms with Gasteiger partial charge in [0.05, 0.1) is 11.1 Å². The molecule has 0 fully saturated rings. The van der Waals surface area contributed by atoms with Gasteiger partial charge in [-0.25, -0.2) is 0 Å². The smallest absolute Gasteiger partial charge is 0.417 e. The molecule has 32 heavy (non-hydrogen) atoms. The Morgan fingerprint density at radius 2 is 1.22 bits per heavy atom. The van der Waals surface area contributed by atoms with Crippen LogP contribution >= 0.6 is 9.12 Å². The van der Waals surface area contributed by atoms with E-state index >= 15 is 0 Å². The van der Waals surface area contributed by atoms with Crippen LogP contribution in [0.3, 0.4) is 0 Å². The summed E-state index contributed by atoms with van der Waals surface area (Å²) in [7, 11) is 1.17. The fourth-order valence-electron chi connectivity index (χ4n) is 2.84. The minimum absolute atomic E-state index is 0.0816. The van der Waals surface area contributed by atoms with Gasteiger partial charge in [-0.2, -0.15) is 26.3 Å². The van der Waals surface area contributed by atoms with Crippen LogP contribution in [-0.2, 0) is 26.4 Å². The quantitative estimate of drug-likeness (QED) is 0.171. The topological polar surface area (TPSA) is 60.4 Å². The van der Waals surface area contributed by atoms with Crippen molar-refractivity contribution in [2.45, 2.75) is 44.6 Å². The van der Waals surface area contributed by atoms with Gasteiger partial charge < -0.3 is 4.74 Å². The van der Waals surface area contributed by atoms with E-state index in [1.165, 1.54) is 60.2 Å². The van der Waals surface area contributed by atoms with Crippen LogP contribution in [0.15, 0.2) is 48.5 Å². The summed E-state index contributed by atoms with van der Waals surface area (Å²) < 4.78 is 94.2. The lowest BCUT2D eigenvalue weighted by Gasteiger charge is -2.25. The molecular weight excluding hydrogens is 461 g/mol. The van der Waals surface area contributed by atoms with Crippen LogP contribution in [0.5, 0.6) is 0 Å². The van der Waals surface area contributed by atoms with Crippen molar-refractivity contribution in [1.29, 1.82) is 0 Å². The summed E-state index contributed by atoms with van der Waals surface area (Å²) in [6, 6.07) is 8.16. The third kappa shape index (κ3) is 6.88. The second kappa shape index (κ2) is 10.3. The zero-order valence-corrected chi connectivity index (χ0v) is 18.3. The lowest BCUT2D eigenvalue weighted by atomic mass is 9.85. The molecule has 0 saturated carbocycles. The van der Waals surface area contributed by atoms with Crippen molar-refractivity contribution in [3.8, 4) is 0 Å². The van der Waals surface area contributed by atoms with Crippen molar-refractivity contribution in [1.82, 2.24) is 0 Å². The molecule has 0 N–H and O–H groups in total. The van der Waals surface area contributed by atoms with Crippen LogP contribution in [0.2, 0.25) is 0 Å². The molecule has 0 saturated heterocycles. The maximum Gasteiger partial charge on any atom is 0.417 e. The van der Waals surface area contributed by atoms with E-state index in [1.807, 2.05) is 0 Å². The van der Waals surface area contributed by atoms with Crippen molar-refractivity contribution in [3.05, 3.63) is 70.8 Å². The number of carbonyl (C=O) groups excluding carboxylic acids is 2. The fraction of sp³-hybridized carbons (Fsp3) is 0.333. The molecule has 2 aromatic carbocycles. The first kappa shape index (κ1) is 27.3. The van der Waals surface area contributed by atoms with E-state index < -0.39 is 52.3 Å². The van der Waals surface area contributed by atoms with Gasteiger partial charge in [-0.3, -0.25) is 9.59 Å². The highest BCUT2D eigenvalue weighted by Crippen LogP contribution is 2.41. The van der Waals surface area contributed by atoms with E-state index in [1.54, 1.807) is 0 Å². The lowest BCUT2D eigenvalue weighted by Crippen LogP contribution is -2.33. The van der Waals surface area contributed by atoms with Gasteiger partial charge in [0.15, 0.2) is 5.78 Å². The number of carbonyl (C=O) groups is 2. The number of ketones is 1. The fourth-order valence-corrected chi connectivity index (χ4v) is 2.84. The zero-order valence-electron chi connectivity index (χ0n) is 17.2. The van der Waals surface area contributed by atoms with Gasteiger partial charge in [-0.05, 0) is 38.5 Å². The summed E-state index contributed by atoms with van der Waals surface area (Å²) in [5, 5.41) is 0. The van der Waals surface area contributed by atoms with Crippen LogP contribution in [-0.4, -0.2) is 17.4 Å². The molecule has 0 aromatic heterocycles. The Kier molecular flexibility index (Phi) is 8.74. The summed E-state index contributed by atoms with van der Waals surface area (Å²) in [6.07, 6.45) is -10.5. The van der Waals surface area contributed by atoms with E-state index in [-0.39, 0.29) is 5.56 Å². The molecule has 0 heterocycles. The molecule has 0 aliphatic rings. The van der Waals surface area contributed by atoms with Gasteiger partial charge in [0.1, 0.15) is 11.5 Å². The predicted octanol–water partition coefficient (Wildman–Crippen LogP) is 6.24. The predicted molar refractivity (Wildman–Crippen MR) is 106 cm³/mol. The van der Waals surface area contributed by atoms with Gasteiger partial charge in [0.25, 0.3) is 0 Å².